The van der Waals surface area contributed by atoms with Crippen molar-refractivity contribution >= 4 is 34.8 Å². The number of aliphatic imine (C=N–C) groups is 1. The van der Waals surface area contributed by atoms with Crippen molar-refractivity contribution in [3.8, 4) is 5.75 Å². The smallest absolute Gasteiger partial charge is 0.315 e. The van der Waals surface area contributed by atoms with Gasteiger partial charge < -0.3 is 9.47 Å². The summed E-state index contributed by atoms with van der Waals surface area (Å²) in [5.41, 5.74) is 3.85. The zero-order valence-electron chi connectivity index (χ0n) is 15.7. The minimum absolute atomic E-state index is 0.118. The zero-order valence-corrected chi connectivity index (χ0v) is 16.4. The molecule has 28 heavy (non-hydrogen) atoms. The molecular weight excluding hydrogens is 378 g/mol. The molecule has 1 unspecified atom stereocenters. The van der Waals surface area contributed by atoms with Crippen molar-refractivity contribution in [2.24, 2.45) is 10.9 Å². The molecule has 5 nitrogen and oxygen atoms in total. The summed E-state index contributed by atoms with van der Waals surface area (Å²) in [6.45, 7) is 1.79. The Bertz CT molecular complexity index is 1070. The van der Waals surface area contributed by atoms with E-state index in [4.69, 9.17) is 21.1 Å². The summed E-state index contributed by atoms with van der Waals surface area (Å²) in [6, 6.07) is 12.7. The third kappa shape index (κ3) is 2.66. The molecule has 0 bridgehead atoms. The summed E-state index contributed by atoms with van der Waals surface area (Å²) < 4.78 is 10.3. The van der Waals surface area contributed by atoms with Crippen LogP contribution in [0.1, 0.15) is 34.3 Å². The SMILES string of the molecule is COC(=O)C1C(C)=NC2=C(C(=O)c3ccccc32)[C@H]1c1ccc(OC)c(Cl)c1. The Hall–Kier alpha value is -2.92. The number of ketones is 1. The number of halogens is 1. The van der Waals surface area contributed by atoms with Crippen LogP contribution in [-0.4, -0.2) is 31.7 Å². The molecule has 0 saturated carbocycles. The van der Waals surface area contributed by atoms with E-state index in [1.54, 1.807) is 25.1 Å². The van der Waals surface area contributed by atoms with Gasteiger partial charge in [0.15, 0.2) is 5.78 Å². The van der Waals surface area contributed by atoms with E-state index in [9.17, 15) is 9.59 Å². The van der Waals surface area contributed by atoms with E-state index in [-0.39, 0.29) is 5.78 Å². The van der Waals surface area contributed by atoms with Gasteiger partial charge in [0.1, 0.15) is 11.7 Å². The fourth-order valence-corrected chi connectivity index (χ4v) is 4.28. The van der Waals surface area contributed by atoms with Crippen molar-refractivity contribution in [2.45, 2.75) is 12.8 Å². The number of Topliss-reactive ketones (excluding diaryl/α,β-unsaturated/α-hetero) is 1. The predicted molar refractivity (Wildman–Crippen MR) is 107 cm³/mol. The molecule has 0 N–H and O–H groups in total. The second-order valence-electron chi connectivity index (χ2n) is 6.76. The molecule has 0 amide bonds. The molecule has 2 atom stereocenters. The normalized spacial score (nSPS) is 20.4. The number of rotatable bonds is 3. The van der Waals surface area contributed by atoms with Crippen LogP contribution in [0.4, 0.5) is 0 Å². The number of benzene rings is 2. The van der Waals surface area contributed by atoms with E-state index < -0.39 is 17.8 Å². The van der Waals surface area contributed by atoms with Crippen molar-refractivity contribution < 1.29 is 19.1 Å². The maximum Gasteiger partial charge on any atom is 0.315 e. The molecule has 0 fully saturated rings. The van der Waals surface area contributed by atoms with Gasteiger partial charge in [-0.2, -0.15) is 0 Å². The van der Waals surface area contributed by atoms with Gasteiger partial charge >= 0.3 is 5.97 Å². The number of allylic oxidation sites excluding steroid dienone is 1. The minimum atomic E-state index is -0.702. The number of methoxy groups -OCH3 is 2. The topological polar surface area (TPSA) is 65.0 Å². The summed E-state index contributed by atoms with van der Waals surface area (Å²) in [5, 5.41) is 0.411. The highest BCUT2D eigenvalue weighted by molar-refractivity contribution is 6.32. The van der Waals surface area contributed by atoms with Crippen LogP contribution in [0.15, 0.2) is 53.0 Å². The number of hydrogen-bond donors (Lipinski definition) is 0. The van der Waals surface area contributed by atoms with E-state index in [2.05, 4.69) is 4.99 Å². The molecule has 0 radical (unpaired) electrons. The Kier molecular flexibility index (Phi) is 4.55. The van der Waals surface area contributed by atoms with E-state index in [1.807, 2.05) is 24.3 Å². The lowest BCUT2D eigenvalue weighted by Crippen LogP contribution is -2.34. The molecule has 0 saturated heterocycles. The van der Waals surface area contributed by atoms with Gasteiger partial charge in [-0.15, -0.1) is 0 Å². The Morgan fingerprint density at radius 1 is 1.11 bits per heavy atom. The lowest BCUT2D eigenvalue weighted by Gasteiger charge is -2.30. The van der Waals surface area contributed by atoms with Crippen LogP contribution >= 0.6 is 11.6 Å². The Labute approximate surface area is 167 Å². The first-order valence-corrected chi connectivity index (χ1v) is 9.20. The fourth-order valence-electron chi connectivity index (χ4n) is 4.02. The first kappa shape index (κ1) is 18.4. The average Bonchev–Trinajstić information content (AvgIpc) is 2.98. The number of esters is 1. The maximum atomic E-state index is 13.2. The van der Waals surface area contributed by atoms with Crippen LogP contribution < -0.4 is 4.74 Å². The number of carbonyl (C=O) groups excluding carboxylic acids is 2. The van der Waals surface area contributed by atoms with Gasteiger partial charge in [0.2, 0.25) is 0 Å². The lowest BCUT2D eigenvalue weighted by molar-refractivity contribution is -0.143. The van der Waals surface area contributed by atoms with Crippen molar-refractivity contribution in [1.82, 2.24) is 0 Å². The standard InChI is InChI=1S/C22H18ClNO4/c1-11-17(22(26)28-3)18(12-8-9-16(27-2)15(23)10-12)19-20(24-11)13-6-4-5-7-14(13)21(19)25/h4-10,17-18H,1-3H3/t17?,18-/m0/s1. The van der Waals surface area contributed by atoms with Gasteiger partial charge in [-0.3, -0.25) is 14.6 Å². The monoisotopic (exact) mass is 395 g/mol. The minimum Gasteiger partial charge on any atom is -0.495 e. The van der Waals surface area contributed by atoms with E-state index in [0.717, 1.165) is 11.1 Å². The largest absolute Gasteiger partial charge is 0.495 e. The third-order valence-electron chi connectivity index (χ3n) is 5.30. The van der Waals surface area contributed by atoms with Gasteiger partial charge in [-0.25, -0.2) is 0 Å². The van der Waals surface area contributed by atoms with E-state index in [1.165, 1.54) is 14.2 Å². The molecular formula is C22H18ClNO4. The first-order valence-electron chi connectivity index (χ1n) is 8.82. The van der Waals surface area contributed by atoms with Crippen LogP contribution in [0.3, 0.4) is 0 Å². The highest BCUT2D eigenvalue weighted by atomic mass is 35.5. The number of carbonyl (C=O) groups is 2. The molecule has 2 aliphatic rings. The van der Waals surface area contributed by atoms with Crippen molar-refractivity contribution in [2.75, 3.05) is 14.2 Å². The fraction of sp³-hybridized carbons (Fsp3) is 0.227. The zero-order chi connectivity index (χ0) is 20.0. The van der Waals surface area contributed by atoms with Gasteiger partial charge in [0.25, 0.3) is 0 Å². The molecule has 142 valence electrons. The first-order chi connectivity index (χ1) is 13.5. The summed E-state index contributed by atoms with van der Waals surface area (Å²) in [5.74, 6) is -1.27. The summed E-state index contributed by atoms with van der Waals surface area (Å²) in [4.78, 5) is 30.5. The van der Waals surface area contributed by atoms with Gasteiger partial charge in [0, 0.05) is 28.3 Å². The van der Waals surface area contributed by atoms with Crippen LogP contribution in [0.5, 0.6) is 5.75 Å². The summed E-state index contributed by atoms with van der Waals surface area (Å²) in [6.07, 6.45) is 0. The molecule has 1 aliphatic carbocycles. The average molecular weight is 396 g/mol. The number of ether oxygens (including phenoxy) is 2. The van der Waals surface area contributed by atoms with Gasteiger partial charge in [-0.05, 0) is 24.6 Å². The Morgan fingerprint density at radius 3 is 2.46 bits per heavy atom. The molecule has 4 rings (SSSR count). The Morgan fingerprint density at radius 2 is 1.82 bits per heavy atom. The highest BCUT2D eigenvalue weighted by Crippen LogP contribution is 2.48. The van der Waals surface area contributed by atoms with Gasteiger partial charge in [0.05, 0.1) is 24.9 Å². The second kappa shape index (κ2) is 6.91. The number of fused-ring (bicyclic) bond motifs is 2. The maximum absolute atomic E-state index is 13.2. The Balaban J connectivity index is 1.95. The predicted octanol–water partition coefficient (Wildman–Crippen LogP) is 4.30. The molecule has 0 aromatic heterocycles. The number of hydrogen-bond acceptors (Lipinski definition) is 5. The third-order valence-corrected chi connectivity index (χ3v) is 5.59. The highest BCUT2D eigenvalue weighted by Gasteiger charge is 2.46. The molecule has 2 aromatic carbocycles. The summed E-state index contributed by atoms with van der Waals surface area (Å²) in [7, 11) is 2.87. The van der Waals surface area contributed by atoms with Crippen LogP contribution in [0.25, 0.3) is 5.70 Å². The van der Waals surface area contributed by atoms with Crippen LogP contribution in [-0.2, 0) is 9.53 Å². The van der Waals surface area contributed by atoms with Gasteiger partial charge in [-0.1, -0.05) is 41.9 Å². The molecule has 1 heterocycles. The summed E-state index contributed by atoms with van der Waals surface area (Å²) >= 11 is 6.34. The van der Waals surface area contributed by atoms with Crippen molar-refractivity contribution in [1.29, 1.82) is 0 Å². The molecule has 1 aliphatic heterocycles. The van der Waals surface area contributed by atoms with Crippen molar-refractivity contribution in [3.63, 3.8) is 0 Å². The van der Waals surface area contributed by atoms with Crippen LogP contribution in [0.2, 0.25) is 5.02 Å². The lowest BCUT2D eigenvalue weighted by atomic mass is 9.75. The molecule has 2 aromatic rings. The molecule has 0 spiro atoms. The van der Waals surface area contributed by atoms with Crippen LogP contribution in [0, 0.1) is 5.92 Å². The van der Waals surface area contributed by atoms with E-state index in [0.29, 0.717) is 33.3 Å². The molecule has 6 heteroatoms. The quantitative estimate of drug-likeness (QED) is 0.726. The second-order valence-corrected chi connectivity index (χ2v) is 7.17. The number of nitrogens with zero attached hydrogens (tertiary/aromatic N) is 1. The van der Waals surface area contributed by atoms with E-state index >= 15 is 0 Å². The van der Waals surface area contributed by atoms with Crippen molar-refractivity contribution in [3.05, 3.63) is 69.8 Å².